The van der Waals surface area contributed by atoms with E-state index in [9.17, 15) is 14.4 Å². The largest absolute Gasteiger partial charge is 0.462 e. The van der Waals surface area contributed by atoms with Crippen molar-refractivity contribution in [3.63, 3.8) is 0 Å². The third-order valence-electron chi connectivity index (χ3n) is 12.5. The molecule has 0 aliphatic carbocycles. The smallest absolute Gasteiger partial charge is 0.306 e. The molecule has 0 aliphatic rings. The van der Waals surface area contributed by atoms with E-state index < -0.39 is 6.10 Å². The lowest BCUT2D eigenvalue weighted by Crippen LogP contribution is -2.30. The first-order valence-corrected chi connectivity index (χ1v) is 27.2. The maximum atomic E-state index is 12.8. The lowest BCUT2D eigenvalue weighted by molar-refractivity contribution is -0.167. The van der Waals surface area contributed by atoms with Crippen LogP contribution in [-0.2, 0) is 28.6 Å². The second-order valence-corrected chi connectivity index (χ2v) is 19.8. The monoisotopic (exact) mass is 863 g/mol. The lowest BCUT2D eigenvalue weighted by Gasteiger charge is -2.18. The van der Waals surface area contributed by atoms with Crippen molar-refractivity contribution in [1.29, 1.82) is 0 Å². The van der Waals surface area contributed by atoms with Crippen LogP contribution in [0.4, 0.5) is 0 Å². The summed E-state index contributed by atoms with van der Waals surface area (Å²) in [5.74, 6) is 0.812. The van der Waals surface area contributed by atoms with Crippen molar-refractivity contribution in [2.24, 2.45) is 11.8 Å². The Labute approximate surface area is 380 Å². The number of ether oxygens (including phenoxy) is 3. The molecule has 0 unspecified atom stereocenters. The average Bonchev–Trinajstić information content (AvgIpc) is 3.23. The highest BCUT2D eigenvalue weighted by Crippen LogP contribution is 2.18. The van der Waals surface area contributed by atoms with Crippen molar-refractivity contribution in [2.45, 2.75) is 310 Å². The van der Waals surface area contributed by atoms with E-state index in [4.69, 9.17) is 14.2 Å². The molecular formula is C55H106O6. The molecular weight excluding hydrogens is 757 g/mol. The van der Waals surface area contributed by atoms with Crippen LogP contribution in [0.2, 0.25) is 0 Å². The minimum atomic E-state index is -0.762. The van der Waals surface area contributed by atoms with Crippen LogP contribution in [-0.4, -0.2) is 37.2 Å². The summed E-state index contributed by atoms with van der Waals surface area (Å²) in [4.78, 5) is 38.0. The average molecular weight is 863 g/mol. The van der Waals surface area contributed by atoms with Crippen LogP contribution in [0.1, 0.15) is 304 Å². The first-order chi connectivity index (χ1) is 29.7. The molecule has 6 heteroatoms. The van der Waals surface area contributed by atoms with Crippen molar-refractivity contribution in [3.05, 3.63) is 0 Å². The molecule has 0 aliphatic heterocycles. The second-order valence-electron chi connectivity index (χ2n) is 19.8. The molecule has 0 radical (unpaired) electrons. The second kappa shape index (κ2) is 47.9. The molecule has 6 nitrogen and oxygen atoms in total. The van der Waals surface area contributed by atoms with Crippen LogP contribution in [0.5, 0.6) is 0 Å². The van der Waals surface area contributed by atoms with Gasteiger partial charge in [0, 0.05) is 19.3 Å². The Morgan fingerprint density at radius 1 is 0.311 bits per heavy atom. The Morgan fingerprint density at radius 2 is 0.541 bits per heavy atom. The van der Waals surface area contributed by atoms with E-state index in [1.54, 1.807) is 0 Å². The van der Waals surface area contributed by atoms with E-state index in [0.29, 0.717) is 19.3 Å². The summed E-state index contributed by atoms with van der Waals surface area (Å²) in [5.41, 5.74) is 0. The van der Waals surface area contributed by atoms with Crippen LogP contribution < -0.4 is 0 Å². The summed E-state index contributed by atoms with van der Waals surface area (Å²) < 4.78 is 16.8. The van der Waals surface area contributed by atoms with E-state index in [1.165, 1.54) is 193 Å². The van der Waals surface area contributed by atoms with Gasteiger partial charge in [0.15, 0.2) is 6.10 Å². The standard InChI is InChI=1S/C55H106O6/c1-6-7-8-9-10-11-12-16-20-25-30-35-40-45-53(56)59-48-52(49-60-54(57)46-41-36-31-27-22-24-29-34-39-44-51(4)5)61-55(58)47-42-37-32-26-21-18-15-13-14-17-19-23-28-33-38-43-50(2)3/h50-52H,6-49H2,1-5H3/t52-/m0/s1. The fourth-order valence-electron chi connectivity index (χ4n) is 8.34. The van der Waals surface area contributed by atoms with Crippen LogP contribution in [0.25, 0.3) is 0 Å². The highest BCUT2D eigenvalue weighted by Gasteiger charge is 2.19. The zero-order valence-electron chi connectivity index (χ0n) is 41.8. The minimum Gasteiger partial charge on any atom is -0.462 e. The third-order valence-corrected chi connectivity index (χ3v) is 12.5. The number of hydrogen-bond acceptors (Lipinski definition) is 6. The number of hydrogen-bond donors (Lipinski definition) is 0. The molecule has 61 heavy (non-hydrogen) atoms. The lowest BCUT2D eigenvalue weighted by atomic mass is 10.0. The Bertz CT molecular complexity index is 931. The van der Waals surface area contributed by atoms with Gasteiger partial charge in [-0.1, -0.05) is 266 Å². The highest BCUT2D eigenvalue weighted by atomic mass is 16.6. The number of esters is 3. The summed E-state index contributed by atoms with van der Waals surface area (Å²) in [5, 5.41) is 0. The van der Waals surface area contributed by atoms with Gasteiger partial charge in [0.2, 0.25) is 0 Å². The number of carbonyl (C=O) groups is 3. The molecule has 0 bridgehead atoms. The molecule has 0 aromatic heterocycles. The number of unbranched alkanes of at least 4 members (excludes halogenated alkanes) is 34. The molecule has 0 saturated carbocycles. The molecule has 0 N–H and O–H groups in total. The predicted molar refractivity (Wildman–Crippen MR) is 261 cm³/mol. The molecule has 1 atom stereocenters. The Kier molecular flexibility index (Phi) is 46.6. The van der Waals surface area contributed by atoms with Gasteiger partial charge >= 0.3 is 17.9 Å². The van der Waals surface area contributed by atoms with E-state index in [0.717, 1.165) is 69.6 Å². The van der Waals surface area contributed by atoms with E-state index in [-0.39, 0.29) is 31.1 Å². The first-order valence-electron chi connectivity index (χ1n) is 27.2. The van der Waals surface area contributed by atoms with E-state index in [1.807, 2.05) is 0 Å². The van der Waals surface area contributed by atoms with E-state index in [2.05, 4.69) is 34.6 Å². The number of carbonyl (C=O) groups excluding carboxylic acids is 3. The molecule has 0 aromatic carbocycles. The van der Waals surface area contributed by atoms with Crippen molar-refractivity contribution in [2.75, 3.05) is 13.2 Å². The molecule has 0 saturated heterocycles. The van der Waals surface area contributed by atoms with Gasteiger partial charge < -0.3 is 14.2 Å². The molecule has 0 fully saturated rings. The molecule has 0 spiro atoms. The van der Waals surface area contributed by atoms with Gasteiger partial charge in [-0.25, -0.2) is 0 Å². The van der Waals surface area contributed by atoms with Gasteiger partial charge in [-0.2, -0.15) is 0 Å². The number of rotatable bonds is 49. The van der Waals surface area contributed by atoms with Crippen LogP contribution in [0.3, 0.4) is 0 Å². The zero-order chi connectivity index (χ0) is 44.7. The third kappa shape index (κ3) is 49.3. The van der Waals surface area contributed by atoms with Crippen molar-refractivity contribution >= 4 is 17.9 Å². The topological polar surface area (TPSA) is 78.9 Å². The van der Waals surface area contributed by atoms with Gasteiger partial charge in [-0.3, -0.25) is 14.4 Å². The van der Waals surface area contributed by atoms with Crippen LogP contribution in [0.15, 0.2) is 0 Å². The fourth-order valence-corrected chi connectivity index (χ4v) is 8.34. The van der Waals surface area contributed by atoms with E-state index >= 15 is 0 Å². The fraction of sp³-hybridized carbons (Fsp3) is 0.945. The normalized spacial score (nSPS) is 12.0. The SMILES string of the molecule is CCCCCCCCCCCCCCCC(=O)OC[C@@H](COC(=O)CCCCCCCCCCCC(C)C)OC(=O)CCCCCCCCCCCCCCCCCC(C)C. The van der Waals surface area contributed by atoms with Gasteiger partial charge in [-0.05, 0) is 31.1 Å². The summed E-state index contributed by atoms with van der Waals surface area (Å²) in [6.07, 6.45) is 49.5. The zero-order valence-corrected chi connectivity index (χ0v) is 41.8. The van der Waals surface area contributed by atoms with Gasteiger partial charge in [0.25, 0.3) is 0 Å². The summed E-state index contributed by atoms with van der Waals surface area (Å²) in [7, 11) is 0. The van der Waals surface area contributed by atoms with Crippen molar-refractivity contribution in [1.82, 2.24) is 0 Å². The summed E-state index contributed by atoms with van der Waals surface area (Å²) in [6.45, 7) is 11.4. The Morgan fingerprint density at radius 3 is 0.803 bits per heavy atom. The predicted octanol–water partition coefficient (Wildman–Crippen LogP) is 17.7. The van der Waals surface area contributed by atoms with Gasteiger partial charge in [-0.15, -0.1) is 0 Å². The van der Waals surface area contributed by atoms with Gasteiger partial charge in [0.1, 0.15) is 13.2 Å². The van der Waals surface area contributed by atoms with Crippen molar-refractivity contribution in [3.8, 4) is 0 Å². The summed E-state index contributed by atoms with van der Waals surface area (Å²) in [6, 6.07) is 0. The molecule has 0 heterocycles. The quantitative estimate of drug-likeness (QED) is 0.0344. The highest BCUT2D eigenvalue weighted by molar-refractivity contribution is 5.71. The Hall–Kier alpha value is -1.59. The maximum Gasteiger partial charge on any atom is 0.306 e. The molecule has 0 rings (SSSR count). The maximum absolute atomic E-state index is 12.8. The molecule has 0 amide bonds. The molecule has 362 valence electrons. The summed E-state index contributed by atoms with van der Waals surface area (Å²) >= 11 is 0. The van der Waals surface area contributed by atoms with Crippen molar-refractivity contribution < 1.29 is 28.6 Å². The van der Waals surface area contributed by atoms with Crippen LogP contribution in [0, 0.1) is 11.8 Å². The first kappa shape index (κ1) is 59.4. The van der Waals surface area contributed by atoms with Crippen LogP contribution >= 0.6 is 0 Å². The Balaban J connectivity index is 4.29. The minimum absolute atomic E-state index is 0.0633. The molecule has 0 aromatic rings. The van der Waals surface area contributed by atoms with Gasteiger partial charge in [0.05, 0.1) is 0 Å².